The van der Waals surface area contributed by atoms with E-state index in [0.717, 1.165) is 12.8 Å². The monoisotopic (exact) mass is 284 g/mol. The number of aryl methyl sites for hydroxylation is 1. The van der Waals surface area contributed by atoms with E-state index in [9.17, 15) is 0 Å². The molecule has 3 aromatic rings. The molecule has 0 bridgehead atoms. The van der Waals surface area contributed by atoms with Gasteiger partial charge in [-0.15, -0.1) is 0 Å². The Morgan fingerprint density at radius 1 is 0.773 bits per heavy atom. The highest BCUT2D eigenvalue weighted by Crippen LogP contribution is 2.43. The second-order valence-corrected chi connectivity index (χ2v) is 6.08. The molecule has 0 N–H and O–H groups in total. The third kappa shape index (κ3) is 2.07. The number of hydrogen-bond donors (Lipinski definition) is 0. The highest BCUT2D eigenvalue weighted by molar-refractivity contribution is 5.86. The molecule has 4 rings (SSSR count). The van der Waals surface area contributed by atoms with Crippen molar-refractivity contribution in [2.24, 2.45) is 0 Å². The Bertz CT molecular complexity index is 813. The lowest BCUT2D eigenvalue weighted by atomic mass is 9.89. The van der Waals surface area contributed by atoms with Gasteiger partial charge in [-0.05, 0) is 51.8 Å². The summed E-state index contributed by atoms with van der Waals surface area (Å²) in [6.45, 7) is 2.26. The van der Waals surface area contributed by atoms with E-state index in [2.05, 4.69) is 73.7 Å². The van der Waals surface area contributed by atoms with Gasteiger partial charge >= 0.3 is 0 Å². The van der Waals surface area contributed by atoms with Crippen LogP contribution < -0.4 is 0 Å². The summed E-state index contributed by atoms with van der Waals surface area (Å²) >= 11 is 0. The van der Waals surface area contributed by atoms with Crippen LogP contribution in [0.1, 0.15) is 30.0 Å². The molecule has 0 radical (unpaired) electrons. The summed E-state index contributed by atoms with van der Waals surface area (Å²) in [5.74, 6) is 0. The molecule has 3 aromatic carbocycles. The number of benzene rings is 3. The lowest BCUT2D eigenvalue weighted by Gasteiger charge is -2.15. The van der Waals surface area contributed by atoms with E-state index in [1.807, 2.05) is 0 Å². The van der Waals surface area contributed by atoms with Crippen LogP contribution in [0.5, 0.6) is 0 Å². The maximum Gasteiger partial charge on any atom is -0.000718 e. The summed E-state index contributed by atoms with van der Waals surface area (Å²) in [5, 5.41) is 0. The first kappa shape index (κ1) is 13.3. The van der Waals surface area contributed by atoms with Crippen molar-refractivity contribution < 1.29 is 0 Å². The van der Waals surface area contributed by atoms with Gasteiger partial charge in [0.15, 0.2) is 0 Å². The van der Waals surface area contributed by atoms with Crippen LogP contribution in [-0.2, 0) is 12.8 Å². The third-order valence-electron chi connectivity index (χ3n) is 4.66. The van der Waals surface area contributed by atoms with E-state index >= 15 is 0 Å². The first-order valence-corrected chi connectivity index (χ1v) is 8.17. The Labute approximate surface area is 132 Å². The molecule has 0 saturated heterocycles. The molecule has 0 heteroatoms. The quantitative estimate of drug-likeness (QED) is 0.441. The van der Waals surface area contributed by atoms with E-state index < -0.39 is 0 Å². The second-order valence-electron chi connectivity index (χ2n) is 6.08. The van der Waals surface area contributed by atoms with E-state index in [1.54, 1.807) is 0 Å². The highest BCUT2D eigenvalue weighted by Gasteiger charge is 2.23. The summed E-state index contributed by atoms with van der Waals surface area (Å²) in [4.78, 5) is 0. The van der Waals surface area contributed by atoms with Crippen molar-refractivity contribution in [1.82, 2.24) is 0 Å². The molecular formula is C22H20. The fourth-order valence-corrected chi connectivity index (χ4v) is 3.70. The first-order valence-electron chi connectivity index (χ1n) is 8.17. The van der Waals surface area contributed by atoms with Crippen LogP contribution in [0, 0.1) is 0 Å². The van der Waals surface area contributed by atoms with Crippen molar-refractivity contribution in [1.29, 1.82) is 0 Å². The van der Waals surface area contributed by atoms with Crippen LogP contribution >= 0.6 is 0 Å². The molecule has 1 aliphatic rings. The minimum Gasteiger partial charge on any atom is -0.0651 e. The summed E-state index contributed by atoms with van der Waals surface area (Å²) in [5.41, 5.74) is 10.1. The molecule has 108 valence electrons. The predicted octanol–water partition coefficient (Wildman–Crippen LogP) is 5.88. The predicted molar refractivity (Wildman–Crippen MR) is 94.1 cm³/mol. The molecule has 0 aromatic heterocycles. The Morgan fingerprint density at radius 2 is 1.55 bits per heavy atom. The molecule has 22 heavy (non-hydrogen) atoms. The van der Waals surface area contributed by atoms with Crippen molar-refractivity contribution >= 4 is 0 Å². The van der Waals surface area contributed by atoms with Gasteiger partial charge in [0.2, 0.25) is 0 Å². The number of fused-ring (bicyclic) bond motifs is 3. The molecular weight excluding hydrogens is 264 g/mol. The highest BCUT2D eigenvalue weighted by atomic mass is 14.3. The topological polar surface area (TPSA) is 0 Å². The van der Waals surface area contributed by atoms with Crippen LogP contribution in [0.25, 0.3) is 22.3 Å². The Balaban J connectivity index is 1.96. The van der Waals surface area contributed by atoms with Gasteiger partial charge in [0, 0.05) is 0 Å². The largest absolute Gasteiger partial charge is 0.0651 e. The Morgan fingerprint density at radius 3 is 2.36 bits per heavy atom. The maximum absolute atomic E-state index is 2.34. The van der Waals surface area contributed by atoms with Crippen molar-refractivity contribution in [3.05, 3.63) is 83.4 Å². The molecule has 0 saturated carbocycles. The van der Waals surface area contributed by atoms with Gasteiger partial charge in [0.1, 0.15) is 0 Å². The normalized spacial score (nSPS) is 12.0. The van der Waals surface area contributed by atoms with Crippen molar-refractivity contribution in [2.45, 2.75) is 26.2 Å². The minimum absolute atomic E-state index is 1.06. The zero-order chi connectivity index (χ0) is 14.9. The molecule has 0 aliphatic heterocycles. The Kier molecular flexibility index (Phi) is 3.31. The van der Waals surface area contributed by atoms with E-state index in [0.29, 0.717) is 0 Å². The number of hydrogen-bond acceptors (Lipinski definition) is 0. The fraction of sp³-hybridized carbons (Fsp3) is 0.182. The average Bonchev–Trinajstić information content (AvgIpc) is 2.94. The third-order valence-corrected chi connectivity index (χ3v) is 4.66. The standard InChI is InChI=1S/C22H20/c1-2-8-16-13-14-20-19-12-7-6-11-18(19)15-21(20)22(16)17-9-4-3-5-10-17/h3-7,9-14H,2,8,15H2,1H3. The first-order chi connectivity index (χ1) is 10.9. The summed E-state index contributed by atoms with van der Waals surface area (Å²) in [6.07, 6.45) is 3.40. The summed E-state index contributed by atoms with van der Waals surface area (Å²) in [6, 6.07) is 24.4. The van der Waals surface area contributed by atoms with E-state index in [1.165, 1.54) is 45.4 Å². The van der Waals surface area contributed by atoms with Gasteiger partial charge in [-0.1, -0.05) is 80.1 Å². The van der Waals surface area contributed by atoms with E-state index in [-0.39, 0.29) is 0 Å². The van der Waals surface area contributed by atoms with Crippen molar-refractivity contribution in [3.8, 4) is 22.3 Å². The summed E-state index contributed by atoms with van der Waals surface area (Å²) in [7, 11) is 0. The SMILES string of the molecule is CCCc1ccc2c(c1-c1ccccc1)Cc1ccccc1-2. The molecule has 0 nitrogen and oxygen atoms in total. The fourth-order valence-electron chi connectivity index (χ4n) is 3.70. The van der Waals surface area contributed by atoms with E-state index in [4.69, 9.17) is 0 Å². The lowest BCUT2D eigenvalue weighted by Crippen LogP contribution is -1.95. The maximum atomic E-state index is 2.34. The summed E-state index contributed by atoms with van der Waals surface area (Å²) < 4.78 is 0. The molecule has 1 aliphatic carbocycles. The zero-order valence-corrected chi connectivity index (χ0v) is 13.0. The van der Waals surface area contributed by atoms with Crippen LogP contribution in [0.15, 0.2) is 66.7 Å². The van der Waals surface area contributed by atoms with Crippen LogP contribution in [0.4, 0.5) is 0 Å². The van der Waals surface area contributed by atoms with Gasteiger partial charge in [0.05, 0.1) is 0 Å². The van der Waals surface area contributed by atoms with Crippen molar-refractivity contribution in [2.75, 3.05) is 0 Å². The lowest BCUT2D eigenvalue weighted by molar-refractivity contribution is 0.921. The minimum atomic E-state index is 1.06. The van der Waals surface area contributed by atoms with Crippen LogP contribution in [0.2, 0.25) is 0 Å². The average molecular weight is 284 g/mol. The van der Waals surface area contributed by atoms with Gasteiger partial charge in [-0.3, -0.25) is 0 Å². The van der Waals surface area contributed by atoms with Crippen molar-refractivity contribution in [3.63, 3.8) is 0 Å². The van der Waals surface area contributed by atoms with Gasteiger partial charge in [-0.2, -0.15) is 0 Å². The van der Waals surface area contributed by atoms with Gasteiger partial charge in [-0.25, -0.2) is 0 Å². The molecule has 0 heterocycles. The van der Waals surface area contributed by atoms with Crippen LogP contribution in [-0.4, -0.2) is 0 Å². The van der Waals surface area contributed by atoms with Gasteiger partial charge < -0.3 is 0 Å². The molecule has 0 unspecified atom stereocenters. The Hall–Kier alpha value is -2.34. The molecule has 0 spiro atoms. The van der Waals surface area contributed by atoms with Crippen LogP contribution in [0.3, 0.4) is 0 Å². The zero-order valence-electron chi connectivity index (χ0n) is 13.0. The molecule has 0 fully saturated rings. The molecule has 0 atom stereocenters. The van der Waals surface area contributed by atoms with Gasteiger partial charge in [0.25, 0.3) is 0 Å². The second kappa shape index (κ2) is 5.46. The number of rotatable bonds is 3. The molecule has 0 amide bonds. The smallest absolute Gasteiger partial charge is 0.000718 e.